The summed E-state index contributed by atoms with van der Waals surface area (Å²) in [6.07, 6.45) is 9.32. The van der Waals surface area contributed by atoms with Gasteiger partial charge in [0.1, 0.15) is 0 Å². The first kappa shape index (κ1) is 9.47. The summed E-state index contributed by atoms with van der Waals surface area (Å²) in [4.78, 5) is 2.51. The highest BCUT2D eigenvalue weighted by molar-refractivity contribution is 4.93. The summed E-state index contributed by atoms with van der Waals surface area (Å²) in [6, 6.07) is 0.878. The third kappa shape index (κ3) is 2.05. The van der Waals surface area contributed by atoms with Crippen LogP contribution in [0.15, 0.2) is 0 Å². The van der Waals surface area contributed by atoms with Gasteiger partial charge in [-0.15, -0.1) is 0 Å². The molecule has 0 heterocycles. The van der Waals surface area contributed by atoms with E-state index in [4.69, 9.17) is 5.73 Å². The van der Waals surface area contributed by atoms with Crippen molar-refractivity contribution in [1.82, 2.24) is 4.90 Å². The molecule has 0 unspecified atom stereocenters. The van der Waals surface area contributed by atoms with E-state index in [0.29, 0.717) is 0 Å². The summed E-state index contributed by atoms with van der Waals surface area (Å²) < 4.78 is 0. The van der Waals surface area contributed by atoms with E-state index in [1.807, 2.05) is 0 Å². The zero-order valence-corrected chi connectivity index (χ0v) is 8.76. The van der Waals surface area contributed by atoms with Gasteiger partial charge in [-0.05, 0) is 52.1 Å². The molecule has 2 nitrogen and oxygen atoms in total. The zero-order valence-electron chi connectivity index (χ0n) is 8.76. The molecule has 2 saturated carbocycles. The Morgan fingerprint density at radius 1 is 1.31 bits per heavy atom. The van der Waals surface area contributed by atoms with Gasteiger partial charge >= 0.3 is 0 Å². The third-order valence-corrected chi connectivity index (χ3v) is 4.01. The molecule has 0 aromatic rings. The molecule has 0 spiro atoms. The van der Waals surface area contributed by atoms with Crippen molar-refractivity contribution < 1.29 is 0 Å². The first-order chi connectivity index (χ1) is 6.20. The molecule has 2 heteroatoms. The molecule has 0 aromatic carbocycles. The standard InChI is InChI=1S/C11H22N2/c1-13(10-4-2-5-10)9-8-11(12)6-3-7-11/h10H,2-9,12H2,1H3. The maximum atomic E-state index is 6.18. The molecule has 2 rings (SSSR count). The Morgan fingerprint density at radius 2 is 2.00 bits per heavy atom. The van der Waals surface area contributed by atoms with Gasteiger partial charge in [-0.2, -0.15) is 0 Å². The number of nitrogens with two attached hydrogens (primary N) is 1. The Kier molecular flexibility index (Phi) is 2.61. The molecule has 0 amide bonds. The van der Waals surface area contributed by atoms with E-state index >= 15 is 0 Å². The second kappa shape index (κ2) is 3.58. The minimum absolute atomic E-state index is 0.220. The van der Waals surface area contributed by atoms with Gasteiger partial charge in [-0.1, -0.05) is 6.42 Å². The normalized spacial score (nSPS) is 27.0. The molecule has 0 saturated heterocycles. The van der Waals surface area contributed by atoms with E-state index in [1.165, 1.54) is 51.5 Å². The van der Waals surface area contributed by atoms with Gasteiger partial charge in [0.15, 0.2) is 0 Å². The molecule has 2 aliphatic rings. The molecule has 0 bridgehead atoms. The second-order valence-electron chi connectivity index (χ2n) is 5.03. The summed E-state index contributed by atoms with van der Waals surface area (Å²) in [7, 11) is 2.26. The van der Waals surface area contributed by atoms with E-state index in [2.05, 4.69) is 11.9 Å². The van der Waals surface area contributed by atoms with Crippen LogP contribution in [0.2, 0.25) is 0 Å². The number of hydrogen-bond donors (Lipinski definition) is 1. The summed E-state index contributed by atoms with van der Waals surface area (Å²) in [6.45, 7) is 1.21. The minimum atomic E-state index is 0.220. The highest BCUT2D eigenvalue weighted by atomic mass is 15.1. The van der Waals surface area contributed by atoms with Crippen molar-refractivity contribution in [3.8, 4) is 0 Å². The summed E-state index contributed by atoms with van der Waals surface area (Å²) in [5.74, 6) is 0. The molecule has 2 aliphatic carbocycles. The lowest BCUT2D eigenvalue weighted by atomic mass is 9.75. The Labute approximate surface area is 81.5 Å². The Hall–Kier alpha value is -0.0800. The zero-order chi connectivity index (χ0) is 9.31. The predicted octanol–water partition coefficient (Wildman–Crippen LogP) is 1.74. The van der Waals surface area contributed by atoms with Crippen LogP contribution in [0, 0.1) is 0 Å². The van der Waals surface area contributed by atoms with E-state index in [0.717, 1.165) is 6.04 Å². The van der Waals surface area contributed by atoms with E-state index in [-0.39, 0.29) is 5.54 Å². The second-order valence-corrected chi connectivity index (χ2v) is 5.03. The Balaban J connectivity index is 1.66. The van der Waals surface area contributed by atoms with Gasteiger partial charge in [-0.25, -0.2) is 0 Å². The van der Waals surface area contributed by atoms with Crippen molar-refractivity contribution in [3.63, 3.8) is 0 Å². The summed E-state index contributed by atoms with van der Waals surface area (Å²) >= 11 is 0. The first-order valence-corrected chi connectivity index (χ1v) is 5.69. The van der Waals surface area contributed by atoms with Crippen molar-refractivity contribution in [2.75, 3.05) is 13.6 Å². The minimum Gasteiger partial charge on any atom is -0.325 e. The number of nitrogens with zero attached hydrogens (tertiary/aromatic N) is 1. The van der Waals surface area contributed by atoms with E-state index < -0.39 is 0 Å². The molecule has 0 aliphatic heterocycles. The van der Waals surface area contributed by atoms with E-state index in [9.17, 15) is 0 Å². The molecule has 0 atom stereocenters. The summed E-state index contributed by atoms with van der Waals surface area (Å²) in [5.41, 5.74) is 6.40. The molecular weight excluding hydrogens is 160 g/mol. The van der Waals surface area contributed by atoms with Crippen LogP contribution in [0.25, 0.3) is 0 Å². The molecule has 2 fully saturated rings. The fourth-order valence-corrected chi connectivity index (χ4v) is 2.29. The van der Waals surface area contributed by atoms with Gasteiger partial charge in [-0.3, -0.25) is 0 Å². The van der Waals surface area contributed by atoms with Gasteiger partial charge in [0.2, 0.25) is 0 Å². The molecular formula is C11H22N2. The fraction of sp³-hybridized carbons (Fsp3) is 1.00. The Bertz CT molecular complexity index is 171. The fourth-order valence-electron chi connectivity index (χ4n) is 2.29. The SMILES string of the molecule is CN(CCC1(N)CCC1)C1CCC1. The smallest absolute Gasteiger partial charge is 0.0166 e. The van der Waals surface area contributed by atoms with Crippen LogP contribution in [0.3, 0.4) is 0 Å². The molecule has 0 radical (unpaired) electrons. The number of hydrogen-bond acceptors (Lipinski definition) is 2. The highest BCUT2D eigenvalue weighted by Crippen LogP contribution is 2.33. The van der Waals surface area contributed by atoms with E-state index in [1.54, 1.807) is 0 Å². The molecule has 2 N–H and O–H groups in total. The van der Waals surface area contributed by atoms with Crippen molar-refractivity contribution in [2.24, 2.45) is 5.73 Å². The van der Waals surface area contributed by atoms with Crippen LogP contribution in [-0.4, -0.2) is 30.1 Å². The van der Waals surface area contributed by atoms with Gasteiger partial charge in [0.05, 0.1) is 0 Å². The van der Waals surface area contributed by atoms with Crippen molar-refractivity contribution in [2.45, 2.75) is 56.5 Å². The lowest BCUT2D eigenvalue weighted by molar-refractivity contribution is 0.128. The summed E-state index contributed by atoms with van der Waals surface area (Å²) in [5, 5.41) is 0. The average Bonchev–Trinajstić information content (AvgIpc) is 1.94. The van der Waals surface area contributed by atoms with Gasteiger partial charge in [0.25, 0.3) is 0 Å². The first-order valence-electron chi connectivity index (χ1n) is 5.69. The van der Waals surface area contributed by atoms with Crippen LogP contribution >= 0.6 is 0 Å². The maximum Gasteiger partial charge on any atom is 0.0166 e. The van der Waals surface area contributed by atoms with Crippen LogP contribution < -0.4 is 5.73 Å². The largest absolute Gasteiger partial charge is 0.325 e. The highest BCUT2D eigenvalue weighted by Gasteiger charge is 2.33. The van der Waals surface area contributed by atoms with Crippen molar-refractivity contribution >= 4 is 0 Å². The van der Waals surface area contributed by atoms with Crippen LogP contribution in [0.1, 0.15) is 44.9 Å². The molecule has 76 valence electrons. The van der Waals surface area contributed by atoms with Crippen LogP contribution in [-0.2, 0) is 0 Å². The average molecular weight is 182 g/mol. The Morgan fingerprint density at radius 3 is 2.38 bits per heavy atom. The quantitative estimate of drug-likeness (QED) is 0.717. The monoisotopic (exact) mass is 182 g/mol. The maximum absolute atomic E-state index is 6.18. The van der Waals surface area contributed by atoms with Crippen LogP contribution in [0.5, 0.6) is 0 Å². The van der Waals surface area contributed by atoms with Gasteiger partial charge in [0, 0.05) is 11.6 Å². The number of rotatable bonds is 4. The predicted molar refractivity (Wildman–Crippen MR) is 55.7 cm³/mol. The lowest BCUT2D eigenvalue weighted by Gasteiger charge is -2.41. The molecule has 13 heavy (non-hydrogen) atoms. The van der Waals surface area contributed by atoms with Crippen molar-refractivity contribution in [1.29, 1.82) is 0 Å². The van der Waals surface area contributed by atoms with Gasteiger partial charge < -0.3 is 10.6 Å². The topological polar surface area (TPSA) is 29.3 Å². The van der Waals surface area contributed by atoms with Crippen molar-refractivity contribution in [3.05, 3.63) is 0 Å². The lowest BCUT2D eigenvalue weighted by Crippen LogP contribution is -2.49. The third-order valence-electron chi connectivity index (χ3n) is 4.01. The molecule has 0 aromatic heterocycles. The van der Waals surface area contributed by atoms with Crippen LogP contribution in [0.4, 0.5) is 0 Å².